The summed E-state index contributed by atoms with van der Waals surface area (Å²) in [7, 11) is 0. The van der Waals surface area contributed by atoms with Crippen molar-refractivity contribution in [2.24, 2.45) is 5.92 Å². The maximum atomic E-state index is 11.9. The highest BCUT2D eigenvalue weighted by Gasteiger charge is 2.34. The molecule has 1 aromatic heterocycles. The monoisotopic (exact) mass is 380 g/mol. The number of H-pyrrole nitrogens is 1. The number of nitrogens with one attached hydrogen (secondary N) is 1. The first-order valence-electron chi connectivity index (χ1n) is 7.43. The average molecular weight is 381 g/mol. The van der Waals surface area contributed by atoms with Gasteiger partial charge in [0.25, 0.3) is 0 Å². The van der Waals surface area contributed by atoms with Gasteiger partial charge >= 0.3 is 11.9 Å². The summed E-state index contributed by atoms with van der Waals surface area (Å²) in [5.41, 5.74) is 1.59. The van der Waals surface area contributed by atoms with Crippen LogP contribution in [-0.4, -0.2) is 45.1 Å². The zero-order valence-electron chi connectivity index (χ0n) is 12.3. The zero-order chi connectivity index (χ0) is 16.6. The standard InChI is InChI=1S/C16H17BrN2O4/c17-10-1-2-13-11(7-10)12(8-18-13)14(16(22)23)19-5-3-9(4-6-19)15(20)21/h1-2,7-9,14,18H,3-6H2,(H,20,21)(H,22,23)/t14-/m0/s1. The maximum absolute atomic E-state index is 11.9. The number of carboxylic acids is 2. The summed E-state index contributed by atoms with van der Waals surface area (Å²) >= 11 is 3.42. The van der Waals surface area contributed by atoms with Gasteiger partial charge in [-0.1, -0.05) is 15.9 Å². The number of carboxylic acid groups (broad SMARTS) is 2. The van der Waals surface area contributed by atoms with Crippen LogP contribution in [0.2, 0.25) is 0 Å². The van der Waals surface area contributed by atoms with Crippen molar-refractivity contribution in [2.75, 3.05) is 13.1 Å². The molecule has 0 aliphatic carbocycles. The lowest BCUT2D eigenvalue weighted by Crippen LogP contribution is -2.41. The molecule has 1 aliphatic heterocycles. The molecule has 1 fully saturated rings. The molecule has 1 aromatic carbocycles. The zero-order valence-corrected chi connectivity index (χ0v) is 13.9. The van der Waals surface area contributed by atoms with Crippen LogP contribution in [0.3, 0.4) is 0 Å². The van der Waals surface area contributed by atoms with Crippen LogP contribution in [0.1, 0.15) is 24.4 Å². The van der Waals surface area contributed by atoms with E-state index in [1.807, 2.05) is 23.1 Å². The Kier molecular flexibility index (Phi) is 4.41. The van der Waals surface area contributed by atoms with E-state index in [9.17, 15) is 14.7 Å². The van der Waals surface area contributed by atoms with Gasteiger partial charge in [-0.3, -0.25) is 14.5 Å². The smallest absolute Gasteiger partial charge is 0.325 e. The molecule has 3 rings (SSSR count). The van der Waals surface area contributed by atoms with Crippen LogP contribution < -0.4 is 0 Å². The summed E-state index contributed by atoms with van der Waals surface area (Å²) in [5.74, 6) is -2.09. The lowest BCUT2D eigenvalue weighted by atomic mass is 9.94. The molecule has 6 nitrogen and oxygen atoms in total. The Hall–Kier alpha value is -1.86. The second kappa shape index (κ2) is 6.33. The van der Waals surface area contributed by atoms with Gasteiger partial charge in [0.15, 0.2) is 0 Å². The van der Waals surface area contributed by atoms with Gasteiger partial charge in [-0.05, 0) is 31.0 Å². The molecular formula is C16H17BrN2O4. The van der Waals surface area contributed by atoms with Crippen molar-refractivity contribution in [1.82, 2.24) is 9.88 Å². The lowest BCUT2D eigenvalue weighted by Gasteiger charge is -2.34. The summed E-state index contributed by atoms with van der Waals surface area (Å²) in [6.07, 6.45) is 2.69. The van der Waals surface area contributed by atoms with Crippen LogP contribution >= 0.6 is 15.9 Å². The second-order valence-corrected chi connectivity index (χ2v) is 6.74. The largest absolute Gasteiger partial charge is 0.481 e. The van der Waals surface area contributed by atoms with E-state index in [2.05, 4.69) is 20.9 Å². The molecule has 1 saturated heterocycles. The fourth-order valence-electron chi connectivity index (χ4n) is 3.23. The minimum Gasteiger partial charge on any atom is -0.481 e. The van der Waals surface area contributed by atoms with E-state index in [0.29, 0.717) is 31.5 Å². The first kappa shape index (κ1) is 16.0. The molecule has 7 heteroatoms. The van der Waals surface area contributed by atoms with Crippen LogP contribution in [0.4, 0.5) is 0 Å². The molecule has 1 atom stereocenters. The molecular weight excluding hydrogens is 364 g/mol. The van der Waals surface area contributed by atoms with Crippen molar-refractivity contribution in [3.05, 3.63) is 34.4 Å². The summed E-state index contributed by atoms with van der Waals surface area (Å²) in [5, 5.41) is 19.7. The van der Waals surface area contributed by atoms with Gasteiger partial charge < -0.3 is 15.2 Å². The Labute approximate surface area is 141 Å². The molecule has 3 N–H and O–H groups in total. The Morgan fingerprint density at radius 1 is 1.26 bits per heavy atom. The first-order valence-corrected chi connectivity index (χ1v) is 8.23. The highest BCUT2D eigenvalue weighted by Crippen LogP contribution is 2.33. The van der Waals surface area contributed by atoms with Gasteiger partial charge in [-0.2, -0.15) is 0 Å². The number of carbonyl (C=O) groups is 2. The SMILES string of the molecule is O=C(O)C1CCN([C@H](C(=O)O)c2c[nH]c3ccc(Br)cc23)CC1. The molecule has 0 saturated carbocycles. The molecule has 2 heterocycles. The second-order valence-electron chi connectivity index (χ2n) is 5.82. The summed E-state index contributed by atoms with van der Waals surface area (Å²) in [4.78, 5) is 27.9. The molecule has 1 aliphatic rings. The number of benzene rings is 1. The van der Waals surface area contributed by atoms with Crippen molar-refractivity contribution >= 4 is 38.8 Å². The third-order valence-corrected chi connectivity index (χ3v) is 4.94. The number of piperidine rings is 1. The number of aromatic amines is 1. The van der Waals surface area contributed by atoms with Crippen LogP contribution in [0, 0.1) is 5.92 Å². The van der Waals surface area contributed by atoms with Crippen LogP contribution in [0.5, 0.6) is 0 Å². The van der Waals surface area contributed by atoms with Gasteiger partial charge in [0.1, 0.15) is 6.04 Å². The summed E-state index contributed by atoms with van der Waals surface area (Å²) in [6.45, 7) is 0.934. The number of halogens is 1. The number of nitrogens with zero attached hydrogens (tertiary/aromatic N) is 1. The van der Waals surface area contributed by atoms with Crippen LogP contribution in [-0.2, 0) is 9.59 Å². The number of rotatable bonds is 4. The Bertz CT molecular complexity index is 750. The average Bonchev–Trinajstić information content (AvgIpc) is 2.91. The number of likely N-dealkylation sites (tertiary alicyclic amines) is 1. The van der Waals surface area contributed by atoms with Crippen molar-refractivity contribution < 1.29 is 19.8 Å². The van der Waals surface area contributed by atoms with Crippen molar-refractivity contribution in [3.63, 3.8) is 0 Å². The third-order valence-electron chi connectivity index (χ3n) is 4.45. The van der Waals surface area contributed by atoms with Crippen molar-refractivity contribution in [2.45, 2.75) is 18.9 Å². The van der Waals surface area contributed by atoms with Gasteiger partial charge in [-0.25, -0.2) is 0 Å². The van der Waals surface area contributed by atoms with Crippen molar-refractivity contribution in [1.29, 1.82) is 0 Å². The van der Waals surface area contributed by atoms with Gasteiger partial charge in [-0.15, -0.1) is 0 Å². The Morgan fingerprint density at radius 3 is 2.57 bits per heavy atom. The van der Waals surface area contributed by atoms with Gasteiger partial charge in [0.2, 0.25) is 0 Å². The molecule has 23 heavy (non-hydrogen) atoms. The molecule has 0 bridgehead atoms. The quantitative estimate of drug-likeness (QED) is 0.757. The normalized spacial score (nSPS) is 18.1. The van der Waals surface area contributed by atoms with E-state index in [1.54, 1.807) is 6.20 Å². The lowest BCUT2D eigenvalue weighted by molar-refractivity contribution is -0.146. The predicted octanol–water partition coefficient (Wildman–Crippen LogP) is 2.85. The first-order chi connectivity index (χ1) is 11.0. The van der Waals surface area contributed by atoms with E-state index >= 15 is 0 Å². The van der Waals surface area contributed by atoms with E-state index in [1.165, 1.54) is 0 Å². The topological polar surface area (TPSA) is 93.6 Å². The van der Waals surface area contributed by atoms with E-state index in [0.717, 1.165) is 15.4 Å². The molecule has 0 unspecified atom stereocenters. The van der Waals surface area contributed by atoms with Crippen LogP contribution in [0.15, 0.2) is 28.9 Å². The molecule has 0 amide bonds. The fraction of sp³-hybridized carbons (Fsp3) is 0.375. The fourth-order valence-corrected chi connectivity index (χ4v) is 3.59. The number of aliphatic carboxylic acids is 2. The van der Waals surface area contributed by atoms with Crippen LogP contribution in [0.25, 0.3) is 10.9 Å². The van der Waals surface area contributed by atoms with E-state index < -0.39 is 18.0 Å². The van der Waals surface area contributed by atoms with E-state index in [4.69, 9.17) is 5.11 Å². The number of hydrogen-bond acceptors (Lipinski definition) is 3. The Balaban J connectivity index is 1.91. The number of fused-ring (bicyclic) bond motifs is 1. The number of aromatic nitrogens is 1. The summed E-state index contributed by atoms with van der Waals surface area (Å²) in [6, 6.07) is 4.93. The maximum Gasteiger partial charge on any atom is 0.325 e. The molecule has 2 aromatic rings. The molecule has 0 spiro atoms. The minimum atomic E-state index is -0.917. The highest BCUT2D eigenvalue weighted by atomic mass is 79.9. The van der Waals surface area contributed by atoms with E-state index in [-0.39, 0.29) is 5.92 Å². The van der Waals surface area contributed by atoms with Gasteiger partial charge in [0, 0.05) is 40.2 Å². The predicted molar refractivity (Wildman–Crippen MR) is 88.3 cm³/mol. The summed E-state index contributed by atoms with van der Waals surface area (Å²) < 4.78 is 0.888. The highest BCUT2D eigenvalue weighted by molar-refractivity contribution is 9.10. The van der Waals surface area contributed by atoms with Crippen molar-refractivity contribution in [3.8, 4) is 0 Å². The van der Waals surface area contributed by atoms with Gasteiger partial charge in [0.05, 0.1) is 5.92 Å². The Morgan fingerprint density at radius 2 is 1.96 bits per heavy atom. The minimum absolute atomic E-state index is 0.377. The number of hydrogen-bond donors (Lipinski definition) is 3. The third kappa shape index (κ3) is 3.11. The molecule has 122 valence electrons. The molecule has 0 radical (unpaired) electrons.